The molecule has 0 unspecified atom stereocenters. The van der Waals surface area contributed by atoms with Crippen molar-refractivity contribution in [3.63, 3.8) is 0 Å². The molecule has 2 aromatic rings. The molecule has 4 nitrogen and oxygen atoms in total. The third-order valence-corrected chi connectivity index (χ3v) is 5.48. The summed E-state index contributed by atoms with van der Waals surface area (Å²) in [4.78, 5) is 27.2. The van der Waals surface area contributed by atoms with Crippen LogP contribution in [0, 0.1) is 0 Å². The number of benzene rings is 2. The standard InChI is InChI=1S/C21H23Cl3N2O2/c1-3-11-25-21(28)14(2)26(13-15-7-4-5-8-17(15)22)20(27)12-16-18(23)9-6-10-19(16)24/h4-10,14H,3,11-13H2,1-2H3,(H,25,28)/t14-/m0/s1. The van der Waals surface area contributed by atoms with Gasteiger partial charge in [-0.2, -0.15) is 0 Å². The highest BCUT2D eigenvalue weighted by Crippen LogP contribution is 2.26. The van der Waals surface area contributed by atoms with E-state index in [-0.39, 0.29) is 24.8 Å². The zero-order valence-corrected chi connectivity index (χ0v) is 18.1. The summed E-state index contributed by atoms with van der Waals surface area (Å²) in [5.41, 5.74) is 1.30. The van der Waals surface area contributed by atoms with Gasteiger partial charge >= 0.3 is 0 Å². The van der Waals surface area contributed by atoms with Crippen LogP contribution in [0.3, 0.4) is 0 Å². The molecule has 0 spiro atoms. The molecule has 28 heavy (non-hydrogen) atoms. The molecule has 0 aromatic heterocycles. The Labute approximate surface area is 180 Å². The third-order valence-electron chi connectivity index (χ3n) is 4.40. The van der Waals surface area contributed by atoms with Crippen LogP contribution < -0.4 is 5.32 Å². The predicted molar refractivity (Wildman–Crippen MR) is 115 cm³/mol. The second kappa shape index (κ2) is 10.7. The van der Waals surface area contributed by atoms with Crippen LogP contribution >= 0.6 is 34.8 Å². The SMILES string of the molecule is CCCNC(=O)[C@H](C)N(Cc1ccccc1Cl)C(=O)Cc1c(Cl)cccc1Cl. The molecule has 7 heteroatoms. The lowest BCUT2D eigenvalue weighted by molar-refractivity contribution is -0.140. The van der Waals surface area contributed by atoms with Crippen molar-refractivity contribution in [3.05, 3.63) is 68.7 Å². The molecule has 1 atom stereocenters. The number of nitrogens with one attached hydrogen (secondary N) is 1. The maximum Gasteiger partial charge on any atom is 0.242 e. The number of carbonyl (C=O) groups excluding carboxylic acids is 2. The number of carbonyl (C=O) groups is 2. The van der Waals surface area contributed by atoms with Crippen molar-refractivity contribution in [1.82, 2.24) is 10.2 Å². The van der Waals surface area contributed by atoms with E-state index in [1.165, 1.54) is 4.90 Å². The van der Waals surface area contributed by atoms with Crippen molar-refractivity contribution in [2.24, 2.45) is 0 Å². The molecule has 0 aliphatic carbocycles. The summed E-state index contributed by atoms with van der Waals surface area (Å²) in [6.45, 7) is 4.43. The molecule has 0 saturated heterocycles. The molecule has 2 amide bonds. The van der Waals surface area contributed by atoms with Crippen LogP contribution in [-0.4, -0.2) is 29.3 Å². The normalized spacial score (nSPS) is 11.8. The largest absolute Gasteiger partial charge is 0.354 e. The second-order valence-corrected chi connectivity index (χ2v) is 7.68. The first-order valence-electron chi connectivity index (χ1n) is 9.08. The molecule has 0 fully saturated rings. The fourth-order valence-electron chi connectivity index (χ4n) is 2.74. The zero-order valence-electron chi connectivity index (χ0n) is 15.8. The Kier molecular flexibility index (Phi) is 8.61. The molecule has 0 aliphatic rings. The highest BCUT2D eigenvalue weighted by Gasteiger charge is 2.27. The summed E-state index contributed by atoms with van der Waals surface area (Å²) >= 11 is 18.7. The van der Waals surface area contributed by atoms with Crippen LogP contribution in [0.25, 0.3) is 0 Å². The van der Waals surface area contributed by atoms with Crippen LogP contribution in [0.4, 0.5) is 0 Å². The average molecular weight is 442 g/mol. The number of hydrogen-bond acceptors (Lipinski definition) is 2. The minimum Gasteiger partial charge on any atom is -0.354 e. The topological polar surface area (TPSA) is 49.4 Å². The van der Waals surface area contributed by atoms with Gasteiger partial charge in [0.1, 0.15) is 6.04 Å². The first kappa shape index (κ1) is 22.5. The summed E-state index contributed by atoms with van der Waals surface area (Å²) in [5, 5.41) is 4.21. The molecule has 0 aliphatic heterocycles. The van der Waals surface area contributed by atoms with E-state index in [0.29, 0.717) is 27.2 Å². The first-order chi connectivity index (χ1) is 13.3. The van der Waals surface area contributed by atoms with E-state index in [0.717, 1.165) is 12.0 Å². The van der Waals surface area contributed by atoms with E-state index in [9.17, 15) is 9.59 Å². The van der Waals surface area contributed by atoms with E-state index in [4.69, 9.17) is 34.8 Å². The number of rotatable bonds is 8. The van der Waals surface area contributed by atoms with E-state index in [1.54, 1.807) is 31.2 Å². The van der Waals surface area contributed by atoms with E-state index < -0.39 is 6.04 Å². The number of amides is 2. The number of nitrogens with zero attached hydrogens (tertiary/aromatic N) is 1. The van der Waals surface area contributed by atoms with E-state index in [2.05, 4.69) is 5.32 Å². The number of hydrogen-bond donors (Lipinski definition) is 1. The van der Waals surface area contributed by atoms with Gasteiger partial charge in [-0.25, -0.2) is 0 Å². The van der Waals surface area contributed by atoms with Gasteiger partial charge < -0.3 is 10.2 Å². The summed E-state index contributed by atoms with van der Waals surface area (Å²) < 4.78 is 0. The van der Waals surface area contributed by atoms with Gasteiger partial charge in [-0.1, -0.05) is 66.0 Å². The summed E-state index contributed by atoms with van der Waals surface area (Å²) in [6, 6.07) is 11.7. The van der Waals surface area contributed by atoms with E-state index >= 15 is 0 Å². The van der Waals surface area contributed by atoms with Crippen LogP contribution in [0.15, 0.2) is 42.5 Å². The predicted octanol–water partition coefficient (Wildman–Crippen LogP) is 5.13. The molecule has 2 aromatic carbocycles. The second-order valence-electron chi connectivity index (χ2n) is 6.46. The van der Waals surface area contributed by atoms with Crippen molar-refractivity contribution in [3.8, 4) is 0 Å². The lowest BCUT2D eigenvalue weighted by Crippen LogP contribution is -2.48. The molecule has 0 bridgehead atoms. The molecular formula is C21H23Cl3N2O2. The zero-order chi connectivity index (χ0) is 20.7. The van der Waals surface area contributed by atoms with Gasteiger partial charge in [0.05, 0.1) is 6.42 Å². The van der Waals surface area contributed by atoms with Gasteiger partial charge in [0, 0.05) is 28.2 Å². The summed E-state index contributed by atoms with van der Waals surface area (Å²) in [7, 11) is 0. The summed E-state index contributed by atoms with van der Waals surface area (Å²) in [6.07, 6.45) is 0.806. The third kappa shape index (κ3) is 5.87. The quantitative estimate of drug-likeness (QED) is 0.617. The van der Waals surface area contributed by atoms with Gasteiger partial charge in [-0.15, -0.1) is 0 Å². The highest BCUT2D eigenvalue weighted by molar-refractivity contribution is 6.36. The monoisotopic (exact) mass is 440 g/mol. The van der Waals surface area contributed by atoms with Crippen LogP contribution in [-0.2, 0) is 22.6 Å². The van der Waals surface area contributed by atoms with Crippen LogP contribution in [0.1, 0.15) is 31.4 Å². The fourth-order valence-corrected chi connectivity index (χ4v) is 3.47. The van der Waals surface area contributed by atoms with Crippen molar-refractivity contribution in [2.45, 2.75) is 39.3 Å². The van der Waals surface area contributed by atoms with Crippen molar-refractivity contribution >= 4 is 46.6 Å². The average Bonchev–Trinajstić information content (AvgIpc) is 2.67. The minimum absolute atomic E-state index is 0.00560. The minimum atomic E-state index is -0.670. The molecular weight excluding hydrogens is 419 g/mol. The number of halogens is 3. The van der Waals surface area contributed by atoms with Gasteiger partial charge in [-0.05, 0) is 42.7 Å². The Balaban J connectivity index is 2.29. The molecule has 2 rings (SSSR count). The maximum atomic E-state index is 13.1. The molecule has 1 N–H and O–H groups in total. The van der Waals surface area contributed by atoms with E-state index in [1.807, 2.05) is 25.1 Å². The fraction of sp³-hybridized carbons (Fsp3) is 0.333. The van der Waals surface area contributed by atoms with Crippen molar-refractivity contribution in [2.75, 3.05) is 6.54 Å². The molecule has 0 saturated carbocycles. The molecule has 0 radical (unpaired) electrons. The van der Waals surface area contributed by atoms with Crippen molar-refractivity contribution in [1.29, 1.82) is 0 Å². The van der Waals surface area contributed by atoms with Gasteiger partial charge in [0.25, 0.3) is 0 Å². The van der Waals surface area contributed by atoms with Crippen LogP contribution in [0.5, 0.6) is 0 Å². The Morgan fingerprint density at radius 2 is 1.61 bits per heavy atom. The van der Waals surface area contributed by atoms with Gasteiger partial charge in [0.15, 0.2) is 0 Å². The lowest BCUT2D eigenvalue weighted by Gasteiger charge is -2.29. The first-order valence-corrected chi connectivity index (χ1v) is 10.2. The maximum absolute atomic E-state index is 13.1. The Morgan fingerprint density at radius 1 is 1.00 bits per heavy atom. The van der Waals surface area contributed by atoms with Crippen molar-refractivity contribution < 1.29 is 9.59 Å². The van der Waals surface area contributed by atoms with Crippen LogP contribution in [0.2, 0.25) is 15.1 Å². The Morgan fingerprint density at radius 3 is 2.21 bits per heavy atom. The van der Waals surface area contributed by atoms with Gasteiger partial charge in [-0.3, -0.25) is 9.59 Å². The Hall–Kier alpha value is -1.75. The summed E-state index contributed by atoms with van der Waals surface area (Å²) in [5.74, 6) is -0.471. The highest BCUT2D eigenvalue weighted by atomic mass is 35.5. The Bertz CT molecular complexity index is 822. The lowest BCUT2D eigenvalue weighted by atomic mass is 10.1. The molecule has 150 valence electrons. The smallest absolute Gasteiger partial charge is 0.242 e. The van der Waals surface area contributed by atoms with Gasteiger partial charge in [0.2, 0.25) is 11.8 Å². The molecule has 0 heterocycles.